The van der Waals surface area contributed by atoms with Crippen LogP contribution in [-0.2, 0) is 0 Å². The normalized spacial score (nSPS) is 10.7. The monoisotopic (exact) mass is 208 g/mol. The van der Waals surface area contributed by atoms with Crippen LogP contribution < -0.4 is 10.6 Å². The van der Waals surface area contributed by atoms with Gasteiger partial charge in [-0.25, -0.2) is 0 Å². The van der Waals surface area contributed by atoms with Crippen LogP contribution in [0.1, 0.15) is 31.9 Å². The van der Waals surface area contributed by atoms with E-state index >= 15 is 0 Å². The van der Waals surface area contributed by atoms with E-state index in [1.807, 2.05) is 19.2 Å². The Kier molecular flexibility index (Phi) is 4.49. The topological polar surface area (TPSA) is 55.0 Å². The first-order valence-electron chi connectivity index (χ1n) is 5.40. The molecule has 0 saturated heterocycles. The Balaban J connectivity index is 2.62. The molecule has 15 heavy (non-hydrogen) atoms. The summed E-state index contributed by atoms with van der Waals surface area (Å²) in [6, 6.07) is 4.05. The number of aromatic nitrogens is 2. The standard InChI is InChI=1S/C11H20N4/c1-9(2)10-5-6-11(14-13-10)15(3)8-4-7-12/h5-6,9H,4,7-8,12H2,1-3H3. The van der Waals surface area contributed by atoms with Gasteiger partial charge in [0.15, 0.2) is 5.82 Å². The molecule has 0 aliphatic carbocycles. The fourth-order valence-electron chi connectivity index (χ4n) is 1.29. The van der Waals surface area contributed by atoms with Crippen LogP contribution in [0.15, 0.2) is 12.1 Å². The molecule has 0 aliphatic rings. The fraction of sp³-hybridized carbons (Fsp3) is 0.636. The molecule has 4 nitrogen and oxygen atoms in total. The van der Waals surface area contributed by atoms with Crippen LogP contribution in [0.2, 0.25) is 0 Å². The zero-order valence-electron chi connectivity index (χ0n) is 9.77. The molecule has 0 aliphatic heterocycles. The van der Waals surface area contributed by atoms with Gasteiger partial charge in [0.25, 0.3) is 0 Å². The third-order valence-electron chi connectivity index (χ3n) is 2.35. The van der Waals surface area contributed by atoms with Gasteiger partial charge in [-0.1, -0.05) is 13.8 Å². The quantitative estimate of drug-likeness (QED) is 0.794. The lowest BCUT2D eigenvalue weighted by Gasteiger charge is -2.17. The zero-order chi connectivity index (χ0) is 11.3. The van der Waals surface area contributed by atoms with E-state index in [2.05, 4.69) is 28.9 Å². The summed E-state index contributed by atoms with van der Waals surface area (Å²) in [6.07, 6.45) is 0.976. The Morgan fingerprint density at radius 1 is 1.33 bits per heavy atom. The minimum atomic E-state index is 0.431. The van der Waals surface area contributed by atoms with E-state index in [1.165, 1.54) is 0 Å². The zero-order valence-corrected chi connectivity index (χ0v) is 9.77. The molecule has 1 rings (SSSR count). The average Bonchev–Trinajstić information content (AvgIpc) is 2.26. The number of hydrogen-bond acceptors (Lipinski definition) is 4. The summed E-state index contributed by atoms with van der Waals surface area (Å²) in [5, 5.41) is 8.37. The first kappa shape index (κ1) is 11.9. The summed E-state index contributed by atoms with van der Waals surface area (Å²) < 4.78 is 0. The highest BCUT2D eigenvalue weighted by Crippen LogP contribution is 2.13. The molecule has 0 bridgehead atoms. The lowest BCUT2D eigenvalue weighted by Crippen LogP contribution is -2.22. The minimum Gasteiger partial charge on any atom is -0.358 e. The molecule has 2 N–H and O–H groups in total. The molecule has 1 aromatic rings. The van der Waals surface area contributed by atoms with Crippen molar-refractivity contribution in [3.63, 3.8) is 0 Å². The van der Waals surface area contributed by atoms with Crippen LogP contribution in [0.5, 0.6) is 0 Å². The van der Waals surface area contributed by atoms with Gasteiger partial charge in [-0.3, -0.25) is 0 Å². The molecule has 0 aromatic carbocycles. The van der Waals surface area contributed by atoms with Crippen LogP contribution in [0.4, 0.5) is 5.82 Å². The van der Waals surface area contributed by atoms with Crippen LogP contribution >= 0.6 is 0 Å². The van der Waals surface area contributed by atoms with Crippen molar-refractivity contribution in [3.8, 4) is 0 Å². The second-order valence-corrected chi connectivity index (χ2v) is 4.03. The highest BCUT2D eigenvalue weighted by atomic mass is 15.2. The van der Waals surface area contributed by atoms with Gasteiger partial charge in [0.2, 0.25) is 0 Å². The van der Waals surface area contributed by atoms with E-state index in [-0.39, 0.29) is 0 Å². The molecular weight excluding hydrogens is 188 g/mol. The molecule has 1 heterocycles. The number of hydrogen-bond donors (Lipinski definition) is 1. The number of nitrogens with zero attached hydrogens (tertiary/aromatic N) is 3. The summed E-state index contributed by atoms with van der Waals surface area (Å²) in [4.78, 5) is 2.07. The second kappa shape index (κ2) is 5.66. The highest BCUT2D eigenvalue weighted by Gasteiger charge is 2.04. The van der Waals surface area contributed by atoms with Gasteiger partial charge < -0.3 is 10.6 Å². The Bertz CT molecular complexity index is 281. The van der Waals surface area contributed by atoms with Gasteiger partial charge in [0.1, 0.15) is 0 Å². The molecule has 0 unspecified atom stereocenters. The van der Waals surface area contributed by atoms with Crippen LogP contribution in [-0.4, -0.2) is 30.3 Å². The predicted molar refractivity (Wildman–Crippen MR) is 63.1 cm³/mol. The van der Waals surface area contributed by atoms with Crippen molar-refractivity contribution >= 4 is 5.82 Å². The van der Waals surface area contributed by atoms with E-state index in [1.54, 1.807) is 0 Å². The molecule has 0 amide bonds. The molecule has 0 atom stereocenters. The van der Waals surface area contributed by atoms with Crippen molar-refractivity contribution in [2.45, 2.75) is 26.2 Å². The second-order valence-electron chi connectivity index (χ2n) is 4.03. The predicted octanol–water partition coefficient (Wildman–Crippen LogP) is 1.39. The maximum atomic E-state index is 5.46. The number of rotatable bonds is 5. The Labute approximate surface area is 91.5 Å². The molecule has 0 radical (unpaired) electrons. The van der Waals surface area contributed by atoms with Crippen LogP contribution in [0.3, 0.4) is 0 Å². The Hall–Kier alpha value is -1.16. The van der Waals surface area contributed by atoms with E-state index in [4.69, 9.17) is 5.73 Å². The summed E-state index contributed by atoms with van der Waals surface area (Å²) >= 11 is 0. The molecule has 0 fully saturated rings. The molecule has 1 aromatic heterocycles. The number of anilines is 1. The van der Waals surface area contributed by atoms with Gasteiger partial charge in [0.05, 0.1) is 5.69 Å². The van der Waals surface area contributed by atoms with E-state index in [0.717, 1.165) is 24.5 Å². The molecule has 0 spiro atoms. The fourth-order valence-corrected chi connectivity index (χ4v) is 1.29. The summed E-state index contributed by atoms with van der Waals surface area (Å²) in [6.45, 7) is 5.86. The maximum absolute atomic E-state index is 5.46. The molecular formula is C11H20N4. The van der Waals surface area contributed by atoms with Gasteiger partial charge in [-0.05, 0) is 31.0 Å². The van der Waals surface area contributed by atoms with Gasteiger partial charge in [-0.15, -0.1) is 5.10 Å². The Morgan fingerprint density at radius 2 is 2.07 bits per heavy atom. The first-order valence-corrected chi connectivity index (χ1v) is 5.40. The van der Waals surface area contributed by atoms with Gasteiger partial charge in [0, 0.05) is 13.6 Å². The smallest absolute Gasteiger partial charge is 0.150 e. The van der Waals surface area contributed by atoms with E-state index in [0.29, 0.717) is 12.5 Å². The minimum absolute atomic E-state index is 0.431. The molecule has 84 valence electrons. The van der Waals surface area contributed by atoms with Crippen molar-refractivity contribution in [1.29, 1.82) is 0 Å². The van der Waals surface area contributed by atoms with Crippen molar-refractivity contribution in [2.75, 3.05) is 25.0 Å². The van der Waals surface area contributed by atoms with Crippen molar-refractivity contribution in [1.82, 2.24) is 10.2 Å². The lowest BCUT2D eigenvalue weighted by molar-refractivity contribution is 0.752. The number of nitrogens with two attached hydrogens (primary N) is 1. The van der Waals surface area contributed by atoms with Gasteiger partial charge in [-0.2, -0.15) is 5.10 Å². The summed E-state index contributed by atoms with van der Waals surface area (Å²) in [5.41, 5.74) is 6.49. The summed E-state index contributed by atoms with van der Waals surface area (Å²) in [5.74, 6) is 1.34. The summed E-state index contributed by atoms with van der Waals surface area (Å²) in [7, 11) is 2.01. The third-order valence-corrected chi connectivity index (χ3v) is 2.35. The van der Waals surface area contributed by atoms with Crippen LogP contribution in [0.25, 0.3) is 0 Å². The first-order chi connectivity index (χ1) is 7.15. The lowest BCUT2D eigenvalue weighted by atomic mass is 10.1. The third kappa shape index (κ3) is 3.47. The van der Waals surface area contributed by atoms with Crippen molar-refractivity contribution in [3.05, 3.63) is 17.8 Å². The Morgan fingerprint density at radius 3 is 2.53 bits per heavy atom. The largest absolute Gasteiger partial charge is 0.358 e. The van der Waals surface area contributed by atoms with E-state index in [9.17, 15) is 0 Å². The average molecular weight is 208 g/mol. The van der Waals surface area contributed by atoms with Crippen molar-refractivity contribution in [2.24, 2.45) is 5.73 Å². The van der Waals surface area contributed by atoms with Crippen LogP contribution in [0, 0.1) is 0 Å². The maximum Gasteiger partial charge on any atom is 0.150 e. The highest BCUT2D eigenvalue weighted by molar-refractivity contribution is 5.36. The molecule has 4 heteroatoms. The molecule has 0 saturated carbocycles. The van der Waals surface area contributed by atoms with Crippen molar-refractivity contribution < 1.29 is 0 Å². The SMILES string of the molecule is CC(C)c1ccc(N(C)CCCN)nn1. The van der Waals surface area contributed by atoms with Gasteiger partial charge >= 0.3 is 0 Å². The van der Waals surface area contributed by atoms with E-state index < -0.39 is 0 Å².